The van der Waals surface area contributed by atoms with Gasteiger partial charge in [0.1, 0.15) is 0 Å². The molecule has 20 heavy (non-hydrogen) atoms. The number of benzene rings is 1. The molecule has 110 valence electrons. The highest BCUT2D eigenvalue weighted by Gasteiger charge is 2.12. The van der Waals surface area contributed by atoms with Gasteiger partial charge >= 0.3 is 7.60 Å². The van der Waals surface area contributed by atoms with Crippen molar-refractivity contribution in [3.05, 3.63) is 34.4 Å². The minimum atomic E-state index is -4.02. The Kier molecular flexibility index (Phi) is 5.82. The molecule has 1 rings (SSSR count). The molecule has 0 saturated heterocycles. The molecule has 0 fully saturated rings. The van der Waals surface area contributed by atoms with Crippen LogP contribution in [-0.2, 0) is 9.36 Å². The number of carbonyl (C=O) groups excluding carboxylic acids is 1. The number of carbonyl (C=O) groups is 1. The van der Waals surface area contributed by atoms with Crippen molar-refractivity contribution in [3.63, 3.8) is 0 Å². The molecular formula is C11H15N2O6P. The predicted octanol–water partition coefficient (Wildman–Crippen LogP) is 1.88. The average molecular weight is 302 g/mol. The fourth-order valence-electron chi connectivity index (χ4n) is 1.52. The van der Waals surface area contributed by atoms with Gasteiger partial charge in [-0.05, 0) is 18.9 Å². The van der Waals surface area contributed by atoms with Gasteiger partial charge in [-0.3, -0.25) is 19.5 Å². The van der Waals surface area contributed by atoms with E-state index in [4.69, 9.17) is 9.79 Å². The quantitative estimate of drug-likeness (QED) is 0.305. The van der Waals surface area contributed by atoms with E-state index >= 15 is 0 Å². The predicted molar refractivity (Wildman–Crippen MR) is 72.5 cm³/mol. The molecule has 8 nitrogen and oxygen atoms in total. The number of non-ortho nitro benzene ring substituents is 1. The third kappa shape index (κ3) is 6.42. The summed E-state index contributed by atoms with van der Waals surface area (Å²) in [5.74, 6) is -0.351. The summed E-state index contributed by atoms with van der Waals surface area (Å²) in [7, 11) is -4.02. The summed E-state index contributed by atoms with van der Waals surface area (Å²) in [5, 5.41) is 13.1. The van der Waals surface area contributed by atoms with Crippen molar-refractivity contribution in [1.82, 2.24) is 0 Å². The topological polar surface area (TPSA) is 130 Å². The summed E-state index contributed by atoms with van der Waals surface area (Å²) in [6, 6.07) is 5.55. The maximum Gasteiger partial charge on any atom is 0.325 e. The van der Waals surface area contributed by atoms with Crippen LogP contribution in [0.2, 0.25) is 0 Å². The highest BCUT2D eigenvalue weighted by atomic mass is 31.2. The van der Waals surface area contributed by atoms with Crippen LogP contribution in [0.1, 0.15) is 19.3 Å². The molecule has 0 saturated carbocycles. The molecule has 0 heterocycles. The van der Waals surface area contributed by atoms with Crippen molar-refractivity contribution >= 4 is 24.9 Å². The van der Waals surface area contributed by atoms with Crippen molar-refractivity contribution in [3.8, 4) is 0 Å². The van der Waals surface area contributed by atoms with Crippen molar-refractivity contribution < 1.29 is 24.1 Å². The summed E-state index contributed by atoms with van der Waals surface area (Å²) < 4.78 is 10.6. The van der Waals surface area contributed by atoms with Gasteiger partial charge in [0.25, 0.3) is 5.69 Å². The summed E-state index contributed by atoms with van der Waals surface area (Å²) in [4.78, 5) is 38.8. The first-order valence-corrected chi connectivity index (χ1v) is 7.66. The lowest BCUT2D eigenvalue weighted by Gasteiger charge is -2.05. The number of anilines is 1. The molecule has 1 aromatic rings. The van der Waals surface area contributed by atoms with Crippen LogP contribution in [0.3, 0.4) is 0 Å². The smallest absolute Gasteiger partial charge is 0.325 e. The monoisotopic (exact) mass is 302 g/mol. The Balaban J connectivity index is 2.41. The third-order valence-electron chi connectivity index (χ3n) is 2.44. The number of hydrogen-bond donors (Lipinski definition) is 3. The number of hydrogen-bond acceptors (Lipinski definition) is 4. The molecule has 1 amide bonds. The normalized spacial score (nSPS) is 11.1. The lowest BCUT2D eigenvalue weighted by Crippen LogP contribution is -2.11. The van der Waals surface area contributed by atoms with Gasteiger partial charge in [-0.25, -0.2) is 0 Å². The van der Waals surface area contributed by atoms with Crippen LogP contribution in [-0.4, -0.2) is 26.8 Å². The number of unbranched alkanes of at least 4 members (excludes halogenated alkanes) is 1. The zero-order valence-corrected chi connectivity index (χ0v) is 11.5. The Hall–Kier alpha value is -1.76. The fourth-order valence-corrected chi connectivity index (χ4v) is 2.16. The highest BCUT2D eigenvalue weighted by molar-refractivity contribution is 7.51. The minimum Gasteiger partial charge on any atom is -0.326 e. The standard InChI is InChI=1S/C11H15N2O6P/c14-11(6-1-2-7-20(17,18)19)12-9-4-3-5-10(8-9)13(15)16/h3-5,8H,1-2,6-7H2,(H,12,14)(H2,17,18,19). The molecular weight excluding hydrogens is 287 g/mol. The second-order valence-electron chi connectivity index (χ2n) is 4.20. The van der Waals surface area contributed by atoms with E-state index in [1.165, 1.54) is 24.3 Å². The third-order valence-corrected chi connectivity index (χ3v) is 3.34. The van der Waals surface area contributed by atoms with Crippen LogP contribution in [0, 0.1) is 10.1 Å². The lowest BCUT2D eigenvalue weighted by atomic mass is 10.2. The van der Waals surface area contributed by atoms with E-state index in [0.29, 0.717) is 12.1 Å². The summed E-state index contributed by atoms with van der Waals surface area (Å²) in [5.41, 5.74) is 0.198. The molecule has 9 heteroatoms. The second-order valence-corrected chi connectivity index (χ2v) is 5.98. The highest BCUT2D eigenvalue weighted by Crippen LogP contribution is 2.35. The van der Waals surface area contributed by atoms with Gasteiger partial charge in [0.15, 0.2) is 0 Å². The van der Waals surface area contributed by atoms with Crippen molar-refractivity contribution in [2.75, 3.05) is 11.5 Å². The van der Waals surface area contributed by atoms with Crippen molar-refractivity contribution in [1.29, 1.82) is 0 Å². The van der Waals surface area contributed by atoms with Gasteiger partial charge in [0.2, 0.25) is 5.91 Å². The van der Waals surface area contributed by atoms with E-state index in [2.05, 4.69) is 5.32 Å². The molecule has 0 atom stereocenters. The van der Waals surface area contributed by atoms with E-state index in [1.807, 2.05) is 0 Å². The zero-order chi connectivity index (χ0) is 15.2. The number of nitro benzene ring substituents is 1. The number of rotatable bonds is 7. The van der Waals surface area contributed by atoms with Gasteiger partial charge in [-0.15, -0.1) is 0 Å². The minimum absolute atomic E-state index is 0.0999. The molecule has 0 radical (unpaired) electrons. The number of amides is 1. The van der Waals surface area contributed by atoms with Crippen LogP contribution < -0.4 is 5.32 Å². The van der Waals surface area contributed by atoms with E-state index < -0.39 is 12.5 Å². The Labute approximate surface area is 115 Å². The van der Waals surface area contributed by atoms with Gasteiger partial charge in [-0.1, -0.05) is 6.07 Å². The number of nitro groups is 1. The van der Waals surface area contributed by atoms with Gasteiger partial charge < -0.3 is 15.1 Å². The molecule has 1 aromatic carbocycles. The van der Waals surface area contributed by atoms with Crippen LogP contribution in [0.15, 0.2) is 24.3 Å². The number of nitrogens with one attached hydrogen (secondary N) is 1. The summed E-state index contributed by atoms with van der Waals surface area (Å²) in [6.07, 6.45) is 0.429. The SMILES string of the molecule is O=C(CCCCP(=O)(O)O)Nc1cccc([N+](=O)[O-])c1. The summed E-state index contributed by atoms with van der Waals surface area (Å²) in [6.45, 7) is 0. The van der Waals surface area contributed by atoms with Crippen LogP contribution in [0.25, 0.3) is 0 Å². The van der Waals surface area contributed by atoms with Crippen LogP contribution in [0.4, 0.5) is 11.4 Å². The molecule has 0 spiro atoms. The van der Waals surface area contributed by atoms with E-state index in [1.54, 1.807) is 0 Å². The van der Waals surface area contributed by atoms with Gasteiger partial charge in [0, 0.05) is 30.4 Å². The average Bonchev–Trinajstić information content (AvgIpc) is 2.34. The Morgan fingerprint density at radius 3 is 2.65 bits per heavy atom. The molecule has 0 aliphatic rings. The first-order chi connectivity index (χ1) is 9.28. The van der Waals surface area contributed by atoms with E-state index in [-0.39, 0.29) is 30.6 Å². The molecule has 0 aliphatic carbocycles. The Morgan fingerprint density at radius 2 is 2.05 bits per heavy atom. The molecule has 0 aromatic heterocycles. The maximum absolute atomic E-state index is 11.5. The lowest BCUT2D eigenvalue weighted by molar-refractivity contribution is -0.384. The van der Waals surface area contributed by atoms with Gasteiger partial charge in [-0.2, -0.15) is 0 Å². The van der Waals surface area contributed by atoms with Gasteiger partial charge in [0.05, 0.1) is 4.92 Å². The van der Waals surface area contributed by atoms with Crippen LogP contribution in [0.5, 0.6) is 0 Å². The second kappa shape index (κ2) is 7.14. The molecule has 0 unspecified atom stereocenters. The molecule has 0 bridgehead atoms. The Morgan fingerprint density at radius 1 is 1.35 bits per heavy atom. The maximum atomic E-state index is 11.5. The zero-order valence-electron chi connectivity index (χ0n) is 10.6. The summed E-state index contributed by atoms with van der Waals surface area (Å²) >= 11 is 0. The van der Waals surface area contributed by atoms with Crippen LogP contribution >= 0.6 is 7.60 Å². The number of nitrogens with zero attached hydrogens (tertiary/aromatic N) is 1. The fraction of sp³-hybridized carbons (Fsp3) is 0.364. The first-order valence-electron chi connectivity index (χ1n) is 5.87. The molecule has 0 aliphatic heterocycles. The van der Waals surface area contributed by atoms with E-state index in [9.17, 15) is 19.5 Å². The van der Waals surface area contributed by atoms with Crippen molar-refractivity contribution in [2.45, 2.75) is 19.3 Å². The Bertz CT molecular complexity index is 541. The van der Waals surface area contributed by atoms with Crippen molar-refractivity contribution in [2.24, 2.45) is 0 Å². The molecule has 3 N–H and O–H groups in total. The largest absolute Gasteiger partial charge is 0.326 e. The van der Waals surface area contributed by atoms with E-state index in [0.717, 1.165) is 0 Å². The first kappa shape index (κ1) is 16.3.